The van der Waals surface area contributed by atoms with E-state index in [4.69, 9.17) is 0 Å². The highest BCUT2D eigenvalue weighted by Crippen LogP contribution is 2.23. The third kappa shape index (κ3) is 4.99. The molecule has 2 aromatic carbocycles. The van der Waals surface area contributed by atoms with Crippen molar-refractivity contribution in [3.05, 3.63) is 92.8 Å². The van der Waals surface area contributed by atoms with Crippen LogP contribution in [0.3, 0.4) is 0 Å². The van der Waals surface area contributed by atoms with Gasteiger partial charge in [-0.3, -0.25) is 19.6 Å². The smallest absolute Gasteiger partial charge is 0.312 e. The molecule has 0 N–H and O–H groups in total. The number of aryl methyl sites for hydroxylation is 1. The lowest BCUT2D eigenvalue weighted by Crippen LogP contribution is -2.37. The maximum absolute atomic E-state index is 13.2. The molecule has 1 atom stereocenters. The van der Waals surface area contributed by atoms with Gasteiger partial charge >= 0.3 is 5.69 Å². The topological polar surface area (TPSA) is 81.3 Å². The van der Waals surface area contributed by atoms with Gasteiger partial charge in [-0.25, -0.2) is 0 Å². The Morgan fingerprint density at radius 1 is 1.10 bits per heavy atom. The molecular formula is C24H28N4O3. The molecule has 31 heavy (non-hydrogen) atoms. The molecule has 3 rings (SSSR count). The van der Waals surface area contributed by atoms with E-state index in [1.54, 1.807) is 18.5 Å². The minimum absolute atomic E-state index is 0.00787. The van der Waals surface area contributed by atoms with Crippen molar-refractivity contribution in [1.82, 2.24) is 14.7 Å². The minimum atomic E-state index is -0.397. The van der Waals surface area contributed by atoms with E-state index in [0.717, 1.165) is 17.5 Å². The quantitative estimate of drug-likeness (QED) is 0.383. The molecule has 1 aromatic heterocycles. The van der Waals surface area contributed by atoms with Crippen LogP contribution in [0.4, 0.5) is 5.69 Å². The van der Waals surface area contributed by atoms with Crippen molar-refractivity contribution in [3.8, 4) is 0 Å². The fraction of sp³-hybridized carbons (Fsp3) is 0.333. The Labute approximate surface area is 182 Å². The Morgan fingerprint density at radius 3 is 2.29 bits per heavy atom. The van der Waals surface area contributed by atoms with Gasteiger partial charge in [-0.15, -0.1) is 0 Å². The summed E-state index contributed by atoms with van der Waals surface area (Å²) in [5.41, 5.74) is 3.62. The van der Waals surface area contributed by atoms with Gasteiger partial charge in [0, 0.05) is 18.2 Å². The van der Waals surface area contributed by atoms with E-state index in [0.29, 0.717) is 30.0 Å². The summed E-state index contributed by atoms with van der Waals surface area (Å²) >= 11 is 0. The molecule has 1 amide bonds. The van der Waals surface area contributed by atoms with E-state index in [-0.39, 0.29) is 17.6 Å². The van der Waals surface area contributed by atoms with E-state index in [9.17, 15) is 14.9 Å². The summed E-state index contributed by atoms with van der Waals surface area (Å²) in [6.45, 7) is 8.45. The highest BCUT2D eigenvalue weighted by atomic mass is 16.6. The maximum atomic E-state index is 13.2. The largest absolute Gasteiger partial charge is 0.332 e. The first kappa shape index (κ1) is 22.2. The van der Waals surface area contributed by atoms with Crippen molar-refractivity contribution in [2.24, 2.45) is 0 Å². The van der Waals surface area contributed by atoms with Crippen LogP contribution >= 0.6 is 0 Å². The van der Waals surface area contributed by atoms with Crippen LogP contribution in [0.2, 0.25) is 0 Å². The minimum Gasteiger partial charge on any atom is -0.332 e. The van der Waals surface area contributed by atoms with Crippen LogP contribution in [-0.4, -0.2) is 31.6 Å². The Bertz CT molecular complexity index is 1060. The number of amides is 1. The molecular weight excluding hydrogens is 392 g/mol. The number of aromatic nitrogens is 2. The van der Waals surface area contributed by atoms with Crippen LogP contribution in [0.25, 0.3) is 0 Å². The molecule has 3 aromatic rings. The molecule has 0 spiro atoms. The molecule has 162 valence electrons. The first-order valence-corrected chi connectivity index (χ1v) is 10.4. The Balaban J connectivity index is 1.78. The molecule has 0 bridgehead atoms. The predicted molar refractivity (Wildman–Crippen MR) is 120 cm³/mol. The van der Waals surface area contributed by atoms with Gasteiger partial charge in [0.05, 0.1) is 11.5 Å². The van der Waals surface area contributed by atoms with Gasteiger partial charge in [-0.2, -0.15) is 5.10 Å². The van der Waals surface area contributed by atoms with Gasteiger partial charge in [0.15, 0.2) is 0 Å². The first-order valence-electron chi connectivity index (χ1n) is 10.4. The third-order valence-electron chi connectivity index (χ3n) is 5.64. The lowest BCUT2D eigenvalue weighted by atomic mass is 10.1. The molecule has 0 radical (unpaired) electrons. The molecule has 0 aliphatic heterocycles. The van der Waals surface area contributed by atoms with Crippen molar-refractivity contribution in [2.45, 2.75) is 53.2 Å². The van der Waals surface area contributed by atoms with Crippen molar-refractivity contribution < 1.29 is 9.72 Å². The first-order chi connectivity index (χ1) is 14.8. The van der Waals surface area contributed by atoms with Crippen LogP contribution in [0, 0.1) is 24.0 Å². The van der Waals surface area contributed by atoms with Crippen molar-refractivity contribution in [2.75, 3.05) is 0 Å². The standard InChI is InChI=1S/C24H28N4O3/c1-5-17(2)26(15-20-9-7-6-8-10-20)24(29)22-13-11-21(12-14-22)16-27-19(4)23(28(30)31)18(3)25-27/h6-14,17H,5,15-16H2,1-4H3. The van der Waals surface area contributed by atoms with Crippen molar-refractivity contribution in [1.29, 1.82) is 0 Å². The molecule has 1 unspecified atom stereocenters. The summed E-state index contributed by atoms with van der Waals surface area (Å²) in [6.07, 6.45) is 0.868. The Morgan fingerprint density at radius 2 is 1.74 bits per heavy atom. The van der Waals surface area contributed by atoms with Gasteiger partial charge in [0.2, 0.25) is 0 Å². The van der Waals surface area contributed by atoms with E-state index in [1.165, 1.54) is 0 Å². The van der Waals surface area contributed by atoms with Gasteiger partial charge in [0.1, 0.15) is 11.4 Å². The van der Waals surface area contributed by atoms with Gasteiger partial charge in [0.25, 0.3) is 5.91 Å². The summed E-state index contributed by atoms with van der Waals surface area (Å²) in [6, 6.07) is 17.5. The normalized spacial score (nSPS) is 11.9. The van der Waals surface area contributed by atoms with Crippen LogP contribution in [-0.2, 0) is 13.1 Å². The van der Waals surface area contributed by atoms with Gasteiger partial charge < -0.3 is 4.90 Å². The second-order valence-electron chi connectivity index (χ2n) is 7.81. The number of carbonyl (C=O) groups is 1. The molecule has 1 heterocycles. The average Bonchev–Trinajstić information content (AvgIpc) is 3.05. The summed E-state index contributed by atoms with van der Waals surface area (Å²) in [5, 5.41) is 15.5. The number of benzene rings is 2. The summed E-state index contributed by atoms with van der Waals surface area (Å²) in [5.74, 6) is -0.00787. The van der Waals surface area contributed by atoms with E-state index in [2.05, 4.69) is 18.9 Å². The van der Waals surface area contributed by atoms with Crippen LogP contribution < -0.4 is 0 Å². The van der Waals surface area contributed by atoms with Crippen LogP contribution in [0.15, 0.2) is 54.6 Å². The van der Waals surface area contributed by atoms with E-state index in [1.807, 2.05) is 59.5 Å². The monoisotopic (exact) mass is 420 g/mol. The summed E-state index contributed by atoms with van der Waals surface area (Å²) in [7, 11) is 0. The number of carbonyl (C=O) groups excluding carboxylic acids is 1. The second-order valence-corrected chi connectivity index (χ2v) is 7.81. The lowest BCUT2D eigenvalue weighted by Gasteiger charge is -2.29. The molecule has 0 aliphatic rings. The molecule has 0 saturated carbocycles. The molecule has 0 aliphatic carbocycles. The van der Waals surface area contributed by atoms with Crippen LogP contribution in [0.5, 0.6) is 0 Å². The zero-order chi connectivity index (χ0) is 22.5. The molecule has 7 nitrogen and oxygen atoms in total. The maximum Gasteiger partial charge on any atom is 0.312 e. The van der Waals surface area contributed by atoms with E-state index >= 15 is 0 Å². The number of hydrogen-bond acceptors (Lipinski definition) is 4. The fourth-order valence-electron chi connectivity index (χ4n) is 3.63. The molecule has 7 heteroatoms. The van der Waals surface area contributed by atoms with Crippen LogP contribution in [0.1, 0.15) is 53.1 Å². The second kappa shape index (κ2) is 9.55. The third-order valence-corrected chi connectivity index (χ3v) is 5.64. The zero-order valence-electron chi connectivity index (χ0n) is 18.4. The van der Waals surface area contributed by atoms with Crippen molar-refractivity contribution in [3.63, 3.8) is 0 Å². The fourth-order valence-corrected chi connectivity index (χ4v) is 3.63. The van der Waals surface area contributed by atoms with Crippen molar-refractivity contribution >= 4 is 11.6 Å². The summed E-state index contributed by atoms with van der Waals surface area (Å²) < 4.78 is 1.63. The highest BCUT2D eigenvalue weighted by Gasteiger charge is 2.23. The SMILES string of the molecule is CCC(C)N(Cc1ccccc1)C(=O)c1ccc(Cn2nc(C)c([N+](=O)[O-])c2C)cc1. The van der Waals surface area contributed by atoms with E-state index < -0.39 is 4.92 Å². The summed E-state index contributed by atoms with van der Waals surface area (Å²) in [4.78, 5) is 25.9. The number of hydrogen-bond donors (Lipinski definition) is 0. The number of nitro groups is 1. The molecule has 0 fully saturated rings. The highest BCUT2D eigenvalue weighted by molar-refractivity contribution is 5.94. The zero-order valence-corrected chi connectivity index (χ0v) is 18.4. The van der Waals surface area contributed by atoms with Gasteiger partial charge in [-0.05, 0) is 50.5 Å². The Hall–Kier alpha value is -3.48. The number of rotatable bonds is 8. The predicted octanol–water partition coefficient (Wildman–Crippen LogP) is 4.90. The lowest BCUT2D eigenvalue weighted by molar-refractivity contribution is -0.386. The van der Waals surface area contributed by atoms with Gasteiger partial charge in [-0.1, -0.05) is 49.4 Å². The molecule has 0 saturated heterocycles. The average molecular weight is 421 g/mol. The number of nitrogens with zero attached hydrogens (tertiary/aromatic N) is 4. The Kier molecular flexibility index (Phi) is 6.84.